The Morgan fingerprint density at radius 1 is 1.44 bits per heavy atom. The van der Waals surface area contributed by atoms with Crippen LogP contribution in [0.5, 0.6) is 0 Å². The van der Waals surface area contributed by atoms with Crippen LogP contribution in [0.1, 0.15) is 22.5 Å². The number of nitrogens with two attached hydrogens (primary N) is 1. The average molecular weight is 308 g/mol. The van der Waals surface area contributed by atoms with E-state index in [0.29, 0.717) is 24.1 Å². The third-order valence-electron chi connectivity index (χ3n) is 2.84. The molecule has 0 aliphatic rings. The van der Waals surface area contributed by atoms with Crippen molar-refractivity contribution in [2.45, 2.75) is 12.8 Å². The van der Waals surface area contributed by atoms with Gasteiger partial charge in [-0.05, 0) is 30.7 Å². The molecule has 4 nitrogen and oxygen atoms in total. The van der Waals surface area contributed by atoms with Gasteiger partial charge in [-0.1, -0.05) is 15.9 Å². The zero-order valence-corrected chi connectivity index (χ0v) is 11.6. The second kappa shape index (κ2) is 5.35. The molecule has 0 saturated carbocycles. The van der Waals surface area contributed by atoms with Gasteiger partial charge in [0.25, 0.3) is 0 Å². The van der Waals surface area contributed by atoms with Gasteiger partial charge in [-0.2, -0.15) is 5.10 Å². The average Bonchev–Trinajstić information content (AvgIpc) is 2.72. The number of carbonyl (C=O) groups excluding carboxylic acids is 1. The maximum absolute atomic E-state index is 12.1. The molecule has 0 fully saturated rings. The van der Waals surface area contributed by atoms with Crippen LogP contribution in [0, 0.1) is 0 Å². The molecule has 5 heteroatoms. The van der Waals surface area contributed by atoms with Gasteiger partial charge < -0.3 is 5.73 Å². The molecule has 0 aliphatic heterocycles. The van der Waals surface area contributed by atoms with Gasteiger partial charge in [-0.15, -0.1) is 0 Å². The number of hydrogen-bond donors (Lipinski definition) is 1. The van der Waals surface area contributed by atoms with E-state index in [1.165, 1.54) is 0 Å². The van der Waals surface area contributed by atoms with Crippen molar-refractivity contribution in [1.82, 2.24) is 9.78 Å². The fraction of sp³-hybridized carbons (Fsp3) is 0.231. The number of hydrogen-bond acceptors (Lipinski definition) is 3. The summed E-state index contributed by atoms with van der Waals surface area (Å²) in [5.74, 6) is 0.0567. The summed E-state index contributed by atoms with van der Waals surface area (Å²) in [7, 11) is 1.87. The summed E-state index contributed by atoms with van der Waals surface area (Å²) in [6, 6.07) is 7.24. The first-order valence-electron chi connectivity index (χ1n) is 5.63. The minimum Gasteiger partial charge on any atom is -0.398 e. The van der Waals surface area contributed by atoms with Gasteiger partial charge in [0.15, 0.2) is 5.78 Å². The highest BCUT2D eigenvalue weighted by Crippen LogP contribution is 2.20. The Bertz CT molecular complexity index is 577. The van der Waals surface area contributed by atoms with E-state index in [-0.39, 0.29) is 5.78 Å². The smallest absolute Gasteiger partial charge is 0.165 e. The van der Waals surface area contributed by atoms with Crippen LogP contribution in [0.15, 0.2) is 34.9 Å². The van der Waals surface area contributed by atoms with Crippen molar-refractivity contribution in [2.24, 2.45) is 7.05 Å². The Labute approximate surface area is 114 Å². The number of nitrogens with zero attached hydrogens (tertiary/aromatic N) is 2. The second-order valence-electron chi connectivity index (χ2n) is 4.10. The molecule has 0 unspecified atom stereocenters. The van der Waals surface area contributed by atoms with Gasteiger partial charge in [0.05, 0.1) is 0 Å². The molecule has 2 aromatic rings. The van der Waals surface area contributed by atoms with Gasteiger partial charge >= 0.3 is 0 Å². The maximum Gasteiger partial charge on any atom is 0.165 e. The summed E-state index contributed by atoms with van der Waals surface area (Å²) in [6.07, 6.45) is 2.84. The van der Waals surface area contributed by atoms with Crippen LogP contribution < -0.4 is 5.73 Å². The largest absolute Gasteiger partial charge is 0.398 e. The third kappa shape index (κ3) is 2.79. The standard InChI is InChI=1S/C13H14BrN3O/c1-17-10(6-7-16-17)3-5-13(18)11-4-2-9(14)8-12(11)15/h2,4,6-8H,3,5,15H2,1H3. The van der Waals surface area contributed by atoms with Crippen molar-refractivity contribution < 1.29 is 4.79 Å². The molecule has 0 amide bonds. The summed E-state index contributed by atoms with van der Waals surface area (Å²) in [5, 5.41) is 4.07. The van der Waals surface area contributed by atoms with Gasteiger partial charge in [-0.3, -0.25) is 9.48 Å². The molecule has 94 valence electrons. The number of ketones is 1. The molecule has 18 heavy (non-hydrogen) atoms. The second-order valence-corrected chi connectivity index (χ2v) is 5.02. The Hall–Kier alpha value is -1.62. The summed E-state index contributed by atoms with van der Waals surface area (Å²) in [6.45, 7) is 0. The Morgan fingerprint density at radius 3 is 2.83 bits per heavy atom. The van der Waals surface area contributed by atoms with Crippen LogP contribution in [-0.2, 0) is 13.5 Å². The lowest BCUT2D eigenvalue weighted by molar-refractivity contribution is 0.0983. The molecule has 0 atom stereocenters. The number of anilines is 1. The minimum absolute atomic E-state index is 0.0567. The molecule has 0 radical (unpaired) electrons. The highest BCUT2D eigenvalue weighted by Gasteiger charge is 2.11. The van der Waals surface area contributed by atoms with Crippen LogP contribution >= 0.6 is 15.9 Å². The van der Waals surface area contributed by atoms with E-state index >= 15 is 0 Å². The minimum atomic E-state index is 0.0567. The van der Waals surface area contributed by atoms with E-state index in [1.54, 1.807) is 23.0 Å². The molecule has 1 aromatic carbocycles. The van der Waals surface area contributed by atoms with Crippen molar-refractivity contribution in [1.29, 1.82) is 0 Å². The monoisotopic (exact) mass is 307 g/mol. The number of Topliss-reactive ketones (excluding diaryl/α,β-unsaturated/α-hetero) is 1. The van der Waals surface area contributed by atoms with Crippen LogP contribution in [0.4, 0.5) is 5.69 Å². The van der Waals surface area contributed by atoms with E-state index in [2.05, 4.69) is 21.0 Å². The lowest BCUT2D eigenvalue weighted by atomic mass is 10.0. The van der Waals surface area contributed by atoms with Gasteiger partial charge in [0, 0.05) is 41.1 Å². The zero-order valence-electron chi connectivity index (χ0n) is 10.1. The first-order valence-corrected chi connectivity index (χ1v) is 6.42. The summed E-state index contributed by atoms with van der Waals surface area (Å²) < 4.78 is 2.65. The van der Waals surface area contributed by atoms with Crippen molar-refractivity contribution >= 4 is 27.4 Å². The first kappa shape index (κ1) is 12.8. The number of nitrogen functional groups attached to an aromatic ring is 1. The zero-order chi connectivity index (χ0) is 13.1. The summed E-state index contributed by atoms with van der Waals surface area (Å²) >= 11 is 3.32. The molecule has 0 saturated heterocycles. The molecular weight excluding hydrogens is 294 g/mol. The van der Waals surface area contributed by atoms with Crippen molar-refractivity contribution in [3.8, 4) is 0 Å². The highest BCUT2D eigenvalue weighted by molar-refractivity contribution is 9.10. The quantitative estimate of drug-likeness (QED) is 0.697. The topological polar surface area (TPSA) is 60.9 Å². The fourth-order valence-corrected chi connectivity index (χ4v) is 2.19. The molecule has 0 bridgehead atoms. The molecule has 2 N–H and O–H groups in total. The summed E-state index contributed by atoms with van der Waals surface area (Å²) in [4.78, 5) is 12.1. The van der Waals surface area contributed by atoms with Gasteiger partial charge in [-0.25, -0.2) is 0 Å². The predicted molar refractivity (Wildman–Crippen MR) is 74.4 cm³/mol. The van der Waals surface area contributed by atoms with E-state index in [9.17, 15) is 4.79 Å². The lowest BCUT2D eigenvalue weighted by Gasteiger charge is -2.05. The summed E-state index contributed by atoms with van der Waals surface area (Å²) in [5.41, 5.74) is 7.97. The number of aryl methyl sites for hydroxylation is 2. The lowest BCUT2D eigenvalue weighted by Crippen LogP contribution is -2.07. The fourth-order valence-electron chi connectivity index (χ4n) is 1.81. The predicted octanol–water partition coefficient (Wildman–Crippen LogP) is 2.58. The first-order chi connectivity index (χ1) is 8.58. The van der Waals surface area contributed by atoms with E-state index in [4.69, 9.17) is 5.73 Å². The Kier molecular flexibility index (Phi) is 3.81. The Morgan fingerprint density at radius 2 is 2.22 bits per heavy atom. The molecule has 1 heterocycles. The van der Waals surface area contributed by atoms with Crippen molar-refractivity contribution in [2.75, 3.05) is 5.73 Å². The molecule has 1 aromatic heterocycles. The number of rotatable bonds is 4. The van der Waals surface area contributed by atoms with Crippen LogP contribution in [0.25, 0.3) is 0 Å². The van der Waals surface area contributed by atoms with Crippen LogP contribution in [0.3, 0.4) is 0 Å². The SMILES string of the molecule is Cn1nccc1CCC(=O)c1ccc(Br)cc1N. The third-order valence-corrected chi connectivity index (χ3v) is 3.34. The highest BCUT2D eigenvalue weighted by atomic mass is 79.9. The van der Waals surface area contributed by atoms with Crippen molar-refractivity contribution in [3.05, 3.63) is 46.2 Å². The number of halogens is 1. The van der Waals surface area contributed by atoms with Crippen LogP contribution in [-0.4, -0.2) is 15.6 Å². The van der Waals surface area contributed by atoms with Gasteiger partial charge in [0.2, 0.25) is 0 Å². The maximum atomic E-state index is 12.1. The van der Waals surface area contributed by atoms with Crippen LogP contribution in [0.2, 0.25) is 0 Å². The van der Waals surface area contributed by atoms with E-state index in [0.717, 1.165) is 10.2 Å². The molecular formula is C13H14BrN3O. The Balaban J connectivity index is 2.06. The molecule has 2 rings (SSSR count). The normalized spacial score (nSPS) is 10.6. The number of carbonyl (C=O) groups is 1. The van der Waals surface area contributed by atoms with Crippen molar-refractivity contribution in [3.63, 3.8) is 0 Å². The molecule has 0 spiro atoms. The number of aromatic nitrogens is 2. The van der Waals surface area contributed by atoms with E-state index < -0.39 is 0 Å². The van der Waals surface area contributed by atoms with E-state index in [1.807, 2.05) is 19.2 Å². The molecule has 0 aliphatic carbocycles. The van der Waals surface area contributed by atoms with Gasteiger partial charge in [0.1, 0.15) is 0 Å². The number of benzene rings is 1.